The molecule has 1 unspecified atom stereocenters. The zero-order chi connectivity index (χ0) is 20.9. The Morgan fingerprint density at radius 3 is 2.70 bits per heavy atom. The van der Waals surface area contributed by atoms with Crippen LogP contribution < -0.4 is 10.6 Å². The predicted molar refractivity (Wildman–Crippen MR) is 129 cm³/mol. The minimum atomic E-state index is -0.496. The highest BCUT2D eigenvalue weighted by atomic mass is 127. The molecular weight excluding hydrogens is 495 g/mol. The second-order valence-corrected chi connectivity index (χ2v) is 8.11. The second-order valence-electron chi connectivity index (χ2n) is 8.11. The number of nitrogens with zero attached hydrogens (tertiary/aromatic N) is 4. The lowest BCUT2D eigenvalue weighted by atomic mass is 10.2. The van der Waals surface area contributed by atoms with E-state index in [1.165, 1.54) is 0 Å². The Hall–Kier alpha value is -2.30. The van der Waals surface area contributed by atoms with Gasteiger partial charge in [-0.2, -0.15) is 5.10 Å². The van der Waals surface area contributed by atoms with Crippen LogP contribution >= 0.6 is 24.0 Å². The van der Waals surface area contributed by atoms with Crippen LogP contribution in [0, 0.1) is 0 Å². The number of hydrogen-bond acceptors (Lipinski definition) is 4. The summed E-state index contributed by atoms with van der Waals surface area (Å²) in [5, 5.41) is 10.7. The number of ether oxygens (including phenoxy) is 1. The fraction of sp³-hybridized carbons (Fsp3) is 0.476. The summed E-state index contributed by atoms with van der Waals surface area (Å²) >= 11 is 0. The highest BCUT2D eigenvalue weighted by Gasteiger charge is 2.27. The molecule has 0 bridgehead atoms. The van der Waals surface area contributed by atoms with E-state index < -0.39 is 5.60 Å². The zero-order valence-corrected chi connectivity index (χ0v) is 20.3. The van der Waals surface area contributed by atoms with Gasteiger partial charge in [-0.3, -0.25) is 4.99 Å². The van der Waals surface area contributed by atoms with Crippen molar-refractivity contribution >= 4 is 36.0 Å². The first-order chi connectivity index (χ1) is 13.8. The maximum absolute atomic E-state index is 12.0. The number of aliphatic imine (C=N–C) groups is 1. The second kappa shape index (κ2) is 10.6. The molecule has 1 aliphatic heterocycles. The molecule has 1 atom stereocenters. The fourth-order valence-electron chi connectivity index (χ4n) is 3.23. The number of carbonyl (C=O) groups excluding carboxylic acids is 1. The summed E-state index contributed by atoms with van der Waals surface area (Å²) in [5.41, 5.74) is 1.60. The molecule has 1 amide bonds. The van der Waals surface area contributed by atoms with Gasteiger partial charge in [0.1, 0.15) is 5.60 Å². The minimum Gasteiger partial charge on any atom is -0.444 e. The quantitative estimate of drug-likeness (QED) is 0.364. The number of hydrogen-bond donors (Lipinski definition) is 2. The molecule has 1 aliphatic rings. The van der Waals surface area contributed by atoms with Gasteiger partial charge in [0.05, 0.1) is 17.9 Å². The Labute approximate surface area is 195 Å². The van der Waals surface area contributed by atoms with E-state index >= 15 is 0 Å². The number of amides is 1. The molecule has 1 aromatic carbocycles. The van der Waals surface area contributed by atoms with Crippen molar-refractivity contribution in [3.05, 3.63) is 48.3 Å². The largest absolute Gasteiger partial charge is 0.444 e. The highest BCUT2D eigenvalue weighted by Crippen LogP contribution is 2.13. The summed E-state index contributed by atoms with van der Waals surface area (Å²) in [6.45, 7) is 7.73. The number of benzene rings is 1. The van der Waals surface area contributed by atoms with E-state index in [9.17, 15) is 4.79 Å². The molecule has 2 N–H and O–H groups in total. The first-order valence-corrected chi connectivity index (χ1v) is 9.88. The van der Waals surface area contributed by atoms with Gasteiger partial charge < -0.3 is 20.3 Å². The lowest BCUT2D eigenvalue weighted by Crippen LogP contribution is -2.44. The normalized spacial score (nSPS) is 16.7. The molecule has 164 valence electrons. The number of alkyl carbamates (subject to hydrolysis) is 1. The molecule has 30 heavy (non-hydrogen) atoms. The standard InChI is InChI=1S/C21H30N6O2.HI/c1-21(2,3)29-20(28)25-17-10-11-26(15-17)19(22-4)23-12-16-13-24-27(14-16)18-8-6-5-7-9-18;/h5-9,13-14,17H,10-12,15H2,1-4H3,(H,22,23)(H,25,28);1H. The molecular formula is C21H31IN6O2. The Morgan fingerprint density at radius 1 is 1.30 bits per heavy atom. The lowest BCUT2D eigenvalue weighted by molar-refractivity contribution is 0.0507. The monoisotopic (exact) mass is 526 g/mol. The third-order valence-corrected chi connectivity index (χ3v) is 4.53. The molecule has 2 aromatic rings. The van der Waals surface area contributed by atoms with Gasteiger partial charge in [0.25, 0.3) is 0 Å². The maximum atomic E-state index is 12.0. The van der Waals surface area contributed by atoms with E-state index in [0.717, 1.165) is 30.2 Å². The third-order valence-electron chi connectivity index (χ3n) is 4.53. The summed E-state index contributed by atoms with van der Waals surface area (Å²) in [4.78, 5) is 18.5. The first-order valence-electron chi connectivity index (χ1n) is 9.88. The van der Waals surface area contributed by atoms with Crippen LogP contribution in [-0.4, -0.2) is 58.5 Å². The Balaban J connectivity index is 0.00000320. The molecule has 2 heterocycles. The number of para-hydroxylation sites is 1. The van der Waals surface area contributed by atoms with Crippen LogP contribution in [0.15, 0.2) is 47.7 Å². The van der Waals surface area contributed by atoms with Crippen molar-refractivity contribution in [3.8, 4) is 5.69 Å². The summed E-state index contributed by atoms with van der Waals surface area (Å²) in [5.74, 6) is 0.811. The molecule has 0 spiro atoms. The average Bonchev–Trinajstić information content (AvgIpc) is 3.31. The zero-order valence-electron chi connectivity index (χ0n) is 18.0. The van der Waals surface area contributed by atoms with E-state index in [0.29, 0.717) is 13.1 Å². The topological polar surface area (TPSA) is 83.8 Å². The van der Waals surface area contributed by atoms with Gasteiger partial charge in [-0.15, -0.1) is 24.0 Å². The van der Waals surface area contributed by atoms with Gasteiger partial charge in [-0.25, -0.2) is 9.48 Å². The molecule has 0 aliphatic carbocycles. The van der Waals surface area contributed by atoms with Gasteiger partial charge in [-0.05, 0) is 39.3 Å². The van der Waals surface area contributed by atoms with Crippen molar-refractivity contribution in [2.75, 3.05) is 20.1 Å². The molecule has 1 aromatic heterocycles. The van der Waals surface area contributed by atoms with Crippen LogP contribution in [0.5, 0.6) is 0 Å². The van der Waals surface area contributed by atoms with Gasteiger partial charge in [0.2, 0.25) is 0 Å². The maximum Gasteiger partial charge on any atom is 0.407 e. The number of halogens is 1. The number of likely N-dealkylation sites (tertiary alicyclic amines) is 1. The van der Waals surface area contributed by atoms with Crippen molar-refractivity contribution < 1.29 is 9.53 Å². The summed E-state index contributed by atoms with van der Waals surface area (Å²) < 4.78 is 7.20. The predicted octanol–water partition coefficient (Wildman–Crippen LogP) is 3.16. The summed E-state index contributed by atoms with van der Waals surface area (Å²) in [7, 11) is 1.77. The Morgan fingerprint density at radius 2 is 2.03 bits per heavy atom. The fourth-order valence-corrected chi connectivity index (χ4v) is 3.23. The summed E-state index contributed by atoms with van der Waals surface area (Å²) in [6.07, 6.45) is 4.34. The van der Waals surface area contributed by atoms with Crippen LogP contribution in [0.25, 0.3) is 5.69 Å². The van der Waals surface area contributed by atoms with Gasteiger partial charge >= 0.3 is 6.09 Å². The van der Waals surface area contributed by atoms with E-state index in [-0.39, 0.29) is 36.1 Å². The van der Waals surface area contributed by atoms with Crippen LogP contribution in [-0.2, 0) is 11.3 Å². The number of aromatic nitrogens is 2. The third kappa shape index (κ3) is 6.89. The van der Waals surface area contributed by atoms with Crippen LogP contribution in [0.3, 0.4) is 0 Å². The van der Waals surface area contributed by atoms with E-state index in [1.54, 1.807) is 7.05 Å². The first kappa shape index (κ1) is 24.0. The summed E-state index contributed by atoms with van der Waals surface area (Å²) in [6, 6.07) is 10.1. The molecule has 0 radical (unpaired) electrons. The molecule has 1 fully saturated rings. The molecule has 0 saturated carbocycles. The number of guanidine groups is 1. The van der Waals surface area contributed by atoms with E-state index in [2.05, 4.69) is 25.6 Å². The Kier molecular flexibility index (Phi) is 8.51. The van der Waals surface area contributed by atoms with Crippen molar-refractivity contribution in [2.45, 2.75) is 45.4 Å². The van der Waals surface area contributed by atoms with Crippen molar-refractivity contribution in [1.82, 2.24) is 25.3 Å². The average molecular weight is 526 g/mol. The number of nitrogens with one attached hydrogen (secondary N) is 2. The molecule has 8 nitrogen and oxygen atoms in total. The number of rotatable bonds is 4. The Bertz CT molecular complexity index is 847. The van der Waals surface area contributed by atoms with Gasteiger partial charge in [-0.1, -0.05) is 18.2 Å². The van der Waals surface area contributed by atoms with Gasteiger partial charge in [0, 0.05) is 38.4 Å². The SMILES string of the molecule is CN=C(NCc1cnn(-c2ccccc2)c1)N1CCC(NC(=O)OC(C)(C)C)C1.I. The molecule has 9 heteroatoms. The minimum absolute atomic E-state index is 0. The van der Waals surface area contributed by atoms with Crippen molar-refractivity contribution in [2.24, 2.45) is 4.99 Å². The van der Waals surface area contributed by atoms with Crippen molar-refractivity contribution in [3.63, 3.8) is 0 Å². The highest BCUT2D eigenvalue weighted by molar-refractivity contribution is 14.0. The van der Waals surface area contributed by atoms with Gasteiger partial charge in [0.15, 0.2) is 5.96 Å². The van der Waals surface area contributed by atoms with E-state index in [1.807, 2.05) is 68.2 Å². The smallest absolute Gasteiger partial charge is 0.407 e. The van der Waals surface area contributed by atoms with E-state index in [4.69, 9.17) is 4.74 Å². The lowest BCUT2D eigenvalue weighted by Gasteiger charge is -2.23. The van der Waals surface area contributed by atoms with Crippen LogP contribution in [0.4, 0.5) is 4.79 Å². The van der Waals surface area contributed by atoms with Crippen LogP contribution in [0.1, 0.15) is 32.8 Å². The molecule has 3 rings (SSSR count). The van der Waals surface area contributed by atoms with Crippen molar-refractivity contribution in [1.29, 1.82) is 0 Å². The number of carbonyl (C=O) groups is 1. The van der Waals surface area contributed by atoms with Crippen LogP contribution in [0.2, 0.25) is 0 Å². The molecule has 1 saturated heterocycles.